The number of aromatic amines is 1. The van der Waals surface area contributed by atoms with Crippen molar-refractivity contribution >= 4 is 49.4 Å². The van der Waals surface area contributed by atoms with Crippen molar-refractivity contribution < 1.29 is 15.1 Å². The number of H-pyrrole nitrogens is 1. The molecule has 0 saturated carbocycles. The molecule has 0 aliphatic carbocycles. The number of hydrogen-bond donors (Lipinski definition) is 5. The summed E-state index contributed by atoms with van der Waals surface area (Å²) < 4.78 is 0.947. The van der Waals surface area contributed by atoms with E-state index in [1.165, 1.54) is 0 Å². The van der Waals surface area contributed by atoms with Crippen LogP contribution in [0.2, 0.25) is 0 Å². The van der Waals surface area contributed by atoms with Gasteiger partial charge in [0.05, 0.1) is 15.1 Å². The number of anilines is 1. The summed E-state index contributed by atoms with van der Waals surface area (Å²) in [5, 5.41) is 24.5. The lowest BCUT2D eigenvalue weighted by molar-refractivity contribution is -0.115. The summed E-state index contributed by atoms with van der Waals surface area (Å²) in [6.07, 6.45) is 2.22. The van der Waals surface area contributed by atoms with E-state index < -0.39 is 5.91 Å². The van der Waals surface area contributed by atoms with Crippen LogP contribution in [0.4, 0.5) is 5.95 Å². The molecule has 6 N–H and O–H groups in total. The molecule has 24 heavy (non-hydrogen) atoms. The minimum absolute atomic E-state index is 0.0383. The molecule has 0 aliphatic rings. The van der Waals surface area contributed by atoms with Gasteiger partial charge in [0.15, 0.2) is 5.95 Å². The van der Waals surface area contributed by atoms with Crippen molar-refractivity contribution in [3.63, 3.8) is 0 Å². The van der Waals surface area contributed by atoms with E-state index in [2.05, 4.69) is 52.3 Å². The van der Waals surface area contributed by atoms with Gasteiger partial charge >= 0.3 is 0 Å². The van der Waals surface area contributed by atoms with Crippen LogP contribution in [0.5, 0.6) is 5.75 Å². The van der Waals surface area contributed by atoms with Crippen LogP contribution >= 0.6 is 31.9 Å². The fraction of sp³-hybridized carbons (Fsp3) is 0.214. The van der Waals surface area contributed by atoms with Gasteiger partial charge in [-0.05, 0) is 49.6 Å². The van der Waals surface area contributed by atoms with Crippen LogP contribution in [0.3, 0.4) is 0 Å². The number of hydrogen-bond acceptors (Lipinski definition) is 6. The third-order valence-electron chi connectivity index (χ3n) is 3.16. The average molecular weight is 461 g/mol. The fourth-order valence-electron chi connectivity index (χ4n) is 1.99. The van der Waals surface area contributed by atoms with Crippen molar-refractivity contribution in [2.75, 3.05) is 12.3 Å². The number of nitrogens with two attached hydrogens (primary N) is 1. The molecule has 1 aromatic carbocycles. The highest BCUT2D eigenvalue weighted by Gasteiger charge is 2.15. The molecule has 1 heterocycles. The molecule has 1 amide bonds. The highest BCUT2D eigenvalue weighted by atomic mass is 79.9. The molecule has 8 nitrogen and oxygen atoms in total. The first-order valence-electron chi connectivity index (χ1n) is 6.86. The van der Waals surface area contributed by atoms with Gasteiger partial charge in [0.1, 0.15) is 11.5 Å². The van der Waals surface area contributed by atoms with Crippen molar-refractivity contribution in [1.29, 1.82) is 0 Å². The second-order valence-electron chi connectivity index (χ2n) is 4.93. The van der Waals surface area contributed by atoms with E-state index in [9.17, 15) is 9.90 Å². The Morgan fingerprint density at radius 2 is 2.04 bits per heavy atom. The minimum Gasteiger partial charge on any atom is -0.506 e. The van der Waals surface area contributed by atoms with Crippen LogP contribution in [-0.2, 0) is 17.6 Å². The maximum Gasteiger partial charge on any atom is 0.269 e. The monoisotopic (exact) mass is 459 g/mol. The first-order chi connectivity index (χ1) is 11.4. The number of phenolic OH excluding ortho intramolecular Hbond substituents is 1. The molecule has 0 spiro atoms. The molecule has 0 unspecified atom stereocenters. The zero-order chi connectivity index (χ0) is 17.7. The summed E-state index contributed by atoms with van der Waals surface area (Å²) >= 11 is 6.43. The predicted molar refractivity (Wildman–Crippen MR) is 96.1 cm³/mol. The van der Waals surface area contributed by atoms with E-state index in [1.807, 2.05) is 0 Å². The Morgan fingerprint density at radius 1 is 1.38 bits per heavy atom. The first-order valence-corrected chi connectivity index (χ1v) is 8.44. The number of phenols is 1. The molecular weight excluding hydrogens is 446 g/mol. The first kappa shape index (κ1) is 18.3. The summed E-state index contributed by atoms with van der Waals surface area (Å²) in [5.74, 6) is -0.104. The van der Waals surface area contributed by atoms with Gasteiger partial charge in [-0.15, -0.1) is 0 Å². The lowest BCUT2D eigenvalue weighted by Crippen LogP contribution is -2.33. The summed E-state index contributed by atoms with van der Waals surface area (Å²) in [6, 6.07) is 3.29. The molecule has 0 bridgehead atoms. The van der Waals surface area contributed by atoms with Gasteiger partial charge in [-0.2, -0.15) is 0 Å². The number of amides is 1. The number of aromatic nitrogens is 2. The number of nitrogen functional groups attached to an aromatic ring is 1. The van der Waals surface area contributed by atoms with E-state index >= 15 is 0 Å². The van der Waals surface area contributed by atoms with Crippen LogP contribution in [0.25, 0.3) is 0 Å². The van der Waals surface area contributed by atoms with Gasteiger partial charge in [0.2, 0.25) is 0 Å². The number of imidazole rings is 1. The fourth-order valence-corrected chi connectivity index (χ4v) is 3.27. The number of benzene rings is 1. The van der Waals surface area contributed by atoms with Crippen LogP contribution in [0, 0.1) is 0 Å². The SMILES string of the molecule is Nc1ncc(CCNC(=O)/C(Cc2cc(Br)c(O)c(Br)c2)=N/O)[nH]1. The van der Waals surface area contributed by atoms with Crippen LogP contribution in [0.15, 0.2) is 32.4 Å². The molecule has 2 rings (SSSR count). The Kier molecular flexibility index (Phi) is 6.21. The highest BCUT2D eigenvalue weighted by molar-refractivity contribution is 9.11. The topological polar surface area (TPSA) is 137 Å². The normalized spacial score (nSPS) is 11.5. The van der Waals surface area contributed by atoms with Crippen LogP contribution in [-0.4, -0.2) is 38.4 Å². The van der Waals surface area contributed by atoms with Gasteiger partial charge in [-0.1, -0.05) is 5.16 Å². The summed E-state index contributed by atoms with van der Waals surface area (Å²) in [5.41, 5.74) is 6.91. The number of aromatic hydroxyl groups is 1. The summed E-state index contributed by atoms with van der Waals surface area (Å²) in [6.45, 7) is 0.336. The number of carbonyl (C=O) groups is 1. The van der Waals surface area contributed by atoms with Gasteiger partial charge in [0.25, 0.3) is 5.91 Å². The van der Waals surface area contributed by atoms with E-state index in [0.29, 0.717) is 33.4 Å². The molecule has 128 valence electrons. The molecule has 1 aromatic heterocycles. The zero-order valence-corrected chi connectivity index (χ0v) is 15.6. The minimum atomic E-state index is -0.481. The average Bonchev–Trinajstić information content (AvgIpc) is 2.95. The molecule has 2 aromatic rings. The number of halogens is 2. The van der Waals surface area contributed by atoms with E-state index in [4.69, 9.17) is 10.9 Å². The van der Waals surface area contributed by atoms with Crippen molar-refractivity contribution in [3.05, 3.63) is 38.5 Å². The van der Waals surface area contributed by atoms with Gasteiger partial charge in [0, 0.05) is 25.1 Å². The lowest BCUT2D eigenvalue weighted by Gasteiger charge is -2.08. The van der Waals surface area contributed by atoms with E-state index in [1.54, 1.807) is 18.3 Å². The summed E-state index contributed by atoms with van der Waals surface area (Å²) in [7, 11) is 0. The van der Waals surface area contributed by atoms with Gasteiger partial charge < -0.3 is 26.3 Å². The second kappa shape index (κ2) is 8.15. The predicted octanol–water partition coefficient (Wildman–Crippen LogP) is 1.95. The van der Waals surface area contributed by atoms with E-state index in [0.717, 1.165) is 5.69 Å². The van der Waals surface area contributed by atoms with Crippen molar-refractivity contribution in [3.8, 4) is 5.75 Å². The van der Waals surface area contributed by atoms with Crippen molar-refractivity contribution in [2.24, 2.45) is 5.16 Å². The quantitative estimate of drug-likeness (QED) is 0.255. The standard InChI is InChI=1S/C14H15Br2N5O3/c15-9-3-7(4-10(16)12(9)22)5-11(21-24)13(23)18-2-1-8-6-19-14(17)20-8/h3-4,6,22,24H,1-2,5H2,(H,18,23)(H3,17,19,20)/b21-11+. The molecule has 0 radical (unpaired) electrons. The maximum atomic E-state index is 12.1. The highest BCUT2D eigenvalue weighted by Crippen LogP contribution is 2.33. The number of nitrogens with zero attached hydrogens (tertiary/aromatic N) is 2. The number of rotatable bonds is 6. The molecule has 0 atom stereocenters. The molecule has 0 fully saturated rings. The Bertz CT molecular complexity index is 753. The van der Waals surface area contributed by atoms with Crippen LogP contribution in [0.1, 0.15) is 11.3 Å². The Morgan fingerprint density at radius 3 is 2.58 bits per heavy atom. The third-order valence-corrected chi connectivity index (χ3v) is 4.37. The number of carbonyl (C=O) groups excluding carboxylic acids is 1. The molecular formula is C14H15Br2N5O3. The molecule has 10 heteroatoms. The third kappa shape index (κ3) is 4.71. The molecule has 0 aliphatic heterocycles. The lowest BCUT2D eigenvalue weighted by atomic mass is 10.1. The zero-order valence-electron chi connectivity index (χ0n) is 12.4. The van der Waals surface area contributed by atoms with Gasteiger partial charge in [-0.25, -0.2) is 4.98 Å². The largest absolute Gasteiger partial charge is 0.506 e. The Hall–Kier alpha value is -2.07. The molecule has 0 saturated heterocycles. The van der Waals surface area contributed by atoms with E-state index in [-0.39, 0.29) is 17.9 Å². The number of oxime groups is 1. The summed E-state index contributed by atoms with van der Waals surface area (Å²) in [4.78, 5) is 18.8. The Balaban J connectivity index is 1.94. The number of nitrogens with one attached hydrogen (secondary N) is 2. The smallest absolute Gasteiger partial charge is 0.269 e. The van der Waals surface area contributed by atoms with Crippen molar-refractivity contribution in [1.82, 2.24) is 15.3 Å². The van der Waals surface area contributed by atoms with Crippen molar-refractivity contribution in [2.45, 2.75) is 12.8 Å². The maximum absolute atomic E-state index is 12.1. The second-order valence-corrected chi connectivity index (χ2v) is 6.64. The van der Waals surface area contributed by atoms with Crippen LogP contribution < -0.4 is 11.1 Å². The Labute approximate surface area is 154 Å². The van der Waals surface area contributed by atoms with Gasteiger partial charge in [-0.3, -0.25) is 4.79 Å².